The minimum Gasteiger partial charge on any atom is -0.463 e. The Kier molecular flexibility index (Phi) is 4.37. The molecule has 27 heavy (non-hydrogen) atoms. The summed E-state index contributed by atoms with van der Waals surface area (Å²) in [5, 5.41) is 3.68. The molecule has 4 rings (SSSR count). The van der Waals surface area contributed by atoms with E-state index in [1.165, 1.54) is 6.20 Å². The minimum absolute atomic E-state index is 0.103. The lowest BCUT2D eigenvalue weighted by atomic mass is 9.83. The maximum Gasteiger partial charge on any atom is 0.316 e. The van der Waals surface area contributed by atoms with E-state index in [2.05, 4.69) is 15.1 Å². The Labute approximate surface area is 156 Å². The first-order chi connectivity index (χ1) is 13.0. The quantitative estimate of drug-likeness (QED) is 0.731. The molecule has 1 atom stereocenters. The van der Waals surface area contributed by atoms with Crippen LogP contribution in [0.25, 0.3) is 0 Å². The van der Waals surface area contributed by atoms with Gasteiger partial charge >= 0.3 is 6.01 Å². The van der Waals surface area contributed by atoms with Gasteiger partial charge in [0, 0.05) is 37.8 Å². The van der Waals surface area contributed by atoms with Crippen LogP contribution < -0.4 is 4.74 Å². The molecule has 144 valence electrons. The van der Waals surface area contributed by atoms with Crippen molar-refractivity contribution in [3.63, 3.8) is 0 Å². The third kappa shape index (κ3) is 2.88. The summed E-state index contributed by atoms with van der Waals surface area (Å²) in [6, 6.07) is 1.90. The second-order valence-corrected chi connectivity index (χ2v) is 9.34. The fourth-order valence-electron chi connectivity index (χ4n) is 3.85. The third-order valence-corrected chi connectivity index (χ3v) is 8.06. The van der Waals surface area contributed by atoms with E-state index in [9.17, 15) is 13.2 Å². The van der Waals surface area contributed by atoms with Crippen molar-refractivity contribution < 1.29 is 22.5 Å². The normalized spacial score (nSPS) is 22.6. The molecule has 0 N–H and O–H groups in total. The Morgan fingerprint density at radius 1 is 1.37 bits per heavy atom. The van der Waals surface area contributed by atoms with Crippen molar-refractivity contribution in [2.24, 2.45) is 5.92 Å². The van der Waals surface area contributed by atoms with E-state index in [0.717, 1.165) is 0 Å². The fourth-order valence-corrected chi connectivity index (χ4v) is 6.25. The second kappa shape index (κ2) is 6.59. The van der Waals surface area contributed by atoms with E-state index in [0.29, 0.717) is 24.2 Å². The fraction of sp³-hybridized carbons (Fsp3) is 0.529. The maximum absolute atomic E-state index is 12.7. The summed E-state index contributed by atoms with van der Waals surface area (Å²) in [6.45, 7) is 2.40. The van der Waals surface area contributed by atoms with Crippen LogP contribution in [0.2, 0.25) is 0 Å². The summed E-state index contributed by atoms with van der Waals surface area (Å²) in [4.78, 5) is 22.2. The van der Waals surface area contributed by atoms with E-state index in [1.54, 1.807) is 23.4 Å². The number of rotatable bonds is 5. The van der Waals surface area contributed by atoms with Gasteiger partial charge < -0.3 is 14.2 Å². The first-order valence-electron chi connectivity index (χ1n) is 8.82. The highest BCUT2D eigenvalue weighted by atomic mass is 32.2. The molecular weight excluding hydrogens is 372 g/mol. The second-order valence-electron chi connectivity index (χ2n) is 6.89. The molecule has 9 nitrogen and oxygen atoms in total. The number of amides is 1. The van der Waals surface area contributed by atoms with E-state index in [-0.39, 0.29) is 43.3 Å². The Hall–Kier alpha value is -2.49. The zero-order chi connectivity index (χ0) is 19.1. The van der Waals surface area contributed by atoms with Crippen molar-refractivity contribution in [2.75, 3.05) is 25.4 Å². The summed E-state index contributed by atoms with van der Waals surface area (Å²) in [7, 11) is -3.31. The highest BCUT2D eigenvalue weighted by Crippen LogP contribution is 2.45. The number of carbonyl (C=O) groups excluding carboxylic acids is 1. The minimum atomic E-state index is -3.31. The summed E-state index contributed by atoms with van der Waals surface area (Å²) < 4.78 is 35.1. The van der Waals surface area contributed by atoms with Gasteiger partial charge in [0.1, 0.15) is 16.1 Å². The smallest absolute Gasteiger partial charge is 0.316 e. The molecule has 0 aromatic carbocycles. The van der Waals surface area contributed by atoms with Crippen molar-refractivity contribution in [1.29, 1.82) is 0 Å². The maximum atomic E-state index is 12.7. The van der Waals surface area contributed by atoms with E-state index >= 15 is 0 Å². The van der Waals surface area contributed by atoms with Crippen LogP contribution in [-0.2, 0) is 16.3 Å². The molecular formula is C17H20N4O5S. The number of aromatic nitrogens is 3. The zero-order valence-corrected chi connectivity index (χ0v) is 15.7. The zero-order valence-electron chi connectivity index (χ0n) is 14.9. The first-order valence-corrected chi connectivity index (χ1v) is 10.5. The van der Waals surface area contributed by atoms with Crippen LogP contribution in [0, 0.1) is 5.92 Å². The summed E-state index contributed by atoms with van der Waals surface area (Å²) in [6.07, 6.45) is 5.58. The van der Waals surface area contributed by atoms with E-state index < -0.39 is 14.6 Å². The van der Waals surface area contributed by atoms with Gasteiger partial charge in [0.15, 0.2) is 9.84 Å². The lowest BCUT2D eigenvalue weighted by molar-refractivity contribution is 0.0401. The summed E-state index contributed by atoms with van der Waals surface area (Å²) in [5.74, 6) is 0.165. The third-order valence-electron chi connectivity index (χ3n) is 5.45. The van der Waals surface area contributed by atoms with Crippen molar-refractivity contribution in [2.45, 2.75) is 24.5 Å². The Morgan fingerprint density at radius 2 is 2.11 bits per heavy atom. The van der Waals surface area contributed by atoms with E-state index in [1.807, 2.05) is 6.92 Å². The molecule has 0 aliphatic carbocycles. The first kappa shape index (κ1) is 17.9. The molecule has 0 radical (unpaired) electrons. The number of nitrogens with zero attached hydrogens (tertiary/aromatic N) is 4. The lowest BCUT2D eigenvalue weighted by Crippen LogP contribution is -2.69. The standard InChI is InChI=1S/C17H20N4O5S/c1-2-14-13(8-20-26-14)15(22)21-10-17(11-21)12(4-7-27(17,23)24)9-25-16-18-5-3-6-19-16/h3,5-6,8,12H,2,4,7,9-11H2,1H3/t12-/m1/s1. The molecule has 2 aliphatic heterocycles. The largest absolute Gasteiger partial charge is 0.463 e. The van der Waals surface area contributed by atoms with Gasteiger partial charge in [-0.1, -0.05) is 12.1 Å². The number of hydrogen-bond donors (Lipinski definition) is 0. The molecule has 0 unspecified atom stereocenters. The molecule has 2 fully saturated rings. The molecule has 2 aromatic rings. The van der Waals surface area contributed by atoms with Crippen LogP contribution in [0.4, 0.5) is 0 Å². The Bertz CT molecular complexity index is 937. The van der Waals surface area contributed by atoms with E-state index in [4.69, 9.17) is 9.26 Å². The molecule has 0 bridgehead atoms. The SMILES string of the molecule is CCc1oncc1C(=O)N1CC2(C1)[C@@H](COc1ncccn1)CCS2(=O)=O. The Balaban J connectivity index is 1.48. The van der Waals surface area contributed by atoms with Crippen LogP contribution in [0.3, 0.4) is 0 Å². The molecule has 2 aliphatic rings. The molecule has 2 aromatic heterocycles. The van der Waals surface area contributed by atoms with Gasteiger partial charge in [-0.05, 0) is 12.5 Å². The summed E-state index contributed by atoms with van der Waals surface area (Å²) >= 11 is 0. The average Bonchev–Trinajstić information content (AvgIpc) is 3.21. The van der Waals surface area contributed by atoms with Crippen LogP contribution in [0.15, 0.2) is 29.2 Å². The lowest BCUT2D eigenvalue weighted by Gasteiger charge is -2.49. The van der Waals surface area contributed by atoms with Crippen LogP contribution in [0.1, 0.15) is 29.5 Å². The van der Waals surface area contributed by atoms with Crippen LogP contribution in [0.5, 0.6) is 6.01 Å². The average molecular weight is 392 g/mol. The number of likely N-dealkylation sites (tertiary alicyclic amines) is 1. The van der Waals surface area contributed by atoms with Crippen LogP contribution in [-0.4, -0.2) is 64.5 Å². The molecule has 1 spiro atoms. The highest BCUT2D eigenvalue weighted by molar-refractivity contribution is 7.93. The Morgan fingerprint density at radius 3 is 2.81 bits per heavy atom. The predicted molar refractivity (Wildman–Crippen MR) is 93.9 cm³/mol. The molecule has 10 heteroatoms. The number of hydrogen-bond acceptors (Lipinski definition) is 8. The van der Waals surface area contributed by atoms with Gasteiger partial charge in [-0.2, -0.15) is 0 Å². The van der Waals surface area contributed by atoms with Gasteiger partial charge in [0.2, 0.25) is 0 Å². The topological polar surface area (TPSA) is 115 Å². The van der Waals surface area contributed by atoms with Gasteiger partial charge in [0.25, 0.3) is 5.91 Å². The number of sulfone groups is 1. The van der Waals surface area contributed by atoms with Crippen molar-refractivity contribution >= 4 is 15.7 Å². The van der Waals surface area contributed by atoms with Crippen molar-refractivity contribution in [1.82, 2.24) is 20.0 Å². The van der Waals surface area contributed by atoms with Gasteiger partial charge in [-0.3, -0.25) is 4.79 Å². The van der Waals surface area contributed by atoms with Gasteiger partial charge in [-0.25, -0.2) is 18.4 Å². The van der Waals surface area contributed by atoms with Gasteiger partial charge in [-0.15, -0.1) is 0 Å². The molecule has 4 heterocycles. The van der Waals surface area contributed by atoms with Crippen LogP contribution >= 0.6 is 0 Å². The highest BCUT2D eigenvalue weighted by Gasteiger charge is 2.63. The molecule has 0 saturated carbocycles. The van der Waals surface area contributed by atoms with Crippen molar-refractivity contribution in [3.8, 4) is 6.01 Å². The number of ether oxygens (including phenoxy) is 1. The monoisotopic (exact) mass is 392 g/mol. The predicted octanol–water partition coefficient (Wildman–Crippen LogP) is 0.735. The molecule has 1 amide bonds. The van der Waals surface area contributed by atoms with Crippen molar-refractivity contribution in [3.05, 3.63) is 36.0 Å². The molecule has 2 saturated heterocycles. The number of aryl methyl sites for hydroxylation is 1. The number of carbonyl (C=O) groups is 1. The van der Waals surface area contributed by atoms with Gasteiger partial charge in [0.05, 0.1) is 18.6 Å². The summed E-state index contributed by atoms with van der Waals surface area (Å²) in [5.41, 5.74) is 0.397.